The van der Waals surface area contributed by atoms with E-state index < -0.39 is 24.0 Å². The number of benzene rings is 1. The van der Waals surface area contributed by atoms with Crippen molar-refractivity contribution in [1.29, 1.82) is 0 Å². The molecule has 0 bridgehead atoms. The van der Waals surface area contributed by atoms with Crippen LogP contribution in [0.5, 0.6) is 0 Å². The Hall–Kier alpha value is -1.90. The van der Waals surface area contributed by atoms with Gasteiger partial charge in [0.05, 0.1) is 30.4 Å². The van der Waals surface area contributed by atoms with E-state index in [1.807, 2.05) is 6.26 Å². The zero-order valence-electron chi connectivity index (χ0n) is 14.9. The Morgan fingerprint density at radius 2 is 1.88 bits per heavy atom. The summed E-state index contributed by atoms with van der Waals surface area (Å²) in [6.45, 7) is 1.97. The molecule has 0 fully saturated rings. The molecule has 0 saturated carbocycles. The van der Waals surface area contributed by atoms with Gasteiger partial charge in [-0.2, -0.15) is 11.8 Å². The molecular formula is C18H24N2O5S. The minimum Gasteiger partial charge on any atom is -0.465 e. The highest BCUT2D eigenvalue weighted by Crippen LogP contribution is 2.22. The van der Waals surface area contributed by atoms with Gasteiger partial charge in [0.2, 0.25) is 0 Å². The third-order valence-electron chi connectivity index (χ3n) is 4.05. The molecule has 1 aliphatic heterocycles. The van der Waals surface area contributed by atoms with Gasteiger partial charge < -0.3 is 15.2 Å². The van der Waals surface area contributed by atoms with Crippen LogP contribution in [0, 0.1) is 0 Å². The van der Waals surface area contributed by atoms with E-state index in [9.17, 15) is 19.5 Å². The molecule has 1 aliphatic rings. The summed E-state index contributed by atoms with van der Waals surface area (Å²) in [6.07, 6.45) is 1.53. The number of hydrogen-bond acceptors (Lipinski definition) is 7. The number of β-amino-alcohol motifs (C(OH)–C–C–N with tert-alkyl or cyclic N) is 1. The van der Waals surface area contributed by atoms with Crippen LogP contribution in [0.25, 0.3) is 0 Å². The molecule has 8 heteroatoms. The van der Waals surface area contributed by atoms with Gasteiger partial charge >= 0.3 is 5.97 Å². The summed E-state index contributed by atoms with van der Waals surface area (Å²) in [5.41, 5.74) is 0.698. The molecule has 2 atom stereocenters. The van der Waals surface area contributed by atoms with Crippen molar-refractivity contribution < 1.29 is 24.2 Å². The fraction of sp³-hybridized carbons (Fsp3) is 0.500. The molecule has 7 nitrogen and oxygen atoms in total. The number of nitrogens with one attached hydrogen (secondary N) is 1. The third-order valence-corrected chi connectivity index (χ3v) is 4.70. The van der Waals surface area contributed by atoms with E-state index >= 15 is 0 Å². The molecule has 0 aromatic heterocycles. The first-order valence-electron chi connectivity index (χ1n) is 8.51. The zero-order chi connectivity index (χ0) is 19.1. The standard InChI is InChI=1S/C18H24N2O5S/c1-3-25-18(24)15(8-9-26-2)19-10-12(21)11-20-16(22)13-6-4-5-7-14(13)17(20)23/h4-7,12,15,19,21H,3,8-11H2,1-2H3/t12?,15-/m1/s1. The number of aliphatic hydroxyl groups is 1. The molecule has 1 aromatic rings. The van der Waals surface area contributed by atoms with Crippen LogP contribution >= 0.6 is 11.8 Å². The third kappa shape index (κ3) is 4.84. The first-order chi connectivity index (χ1) is 12.5. The van der Waals surface area contributed by atoms with Crippen LogP contribution in [0.4, 0.5) is 0 Å². The first-order valence-corrected chi connectivity index (χ1v) is 9.91. The number of ether oxygens (including phenoxy) is 1. The smallest absolute Gasteiger partial charge is 0.323 e. The van der Waals surface area contributed by atoms with E-state index in [-0.39, 0.29) is 25.7 Å². The van der Waals surface area contributed by atoms with Gasteiger partial charge in [0, 0.05) is 6.54 Å². The Labute approximate surface area is 157 Å². The summed E-state index contributed by atoms with van der Waals surface area (Å²) in [5, 5.41) is 13.2. The predicted molar refractivity (Wildman–Crippen MR) is 99.2 cm³/mol. The molecule has 2 rings (SSSR count). The second kappa shape index (κ2) is 9.70. The van der Waals surface area contributed by atoms with Crippen LogP contribution in [0.2, 0.25) is 0 Å². The highest BCUT2D eigenvalue weighted by molar-refractivity contribution is 7.98. The number of rotatable bonds is 10. The van der Waals surface area contributed by atoms with E-state index in [1.54, 1.807) is 43.0 Å². The average molecular weight is 380 g/mol. The summed E-state index contributed by atoms with van der Waals surface area (Å²) < 4.78 is 5.03. The number of thioether (sulfide) groups is 1. The molecule has 26 heavy (non-hydrogen) atoms. The van der Waals surface area contributed by atoms with Crippen LogP contribution in [0.1, 0.15) is 34.1 Å². The Bertz CT molecular complexity index is 632. The number of imide groups is 1. The summed E-state index contributed by atoms with van der Waals surface area (Å²) in [6, 6.07) is 6.06. The van der Waals surface area contributed by atoms with E-state index in [2.05, 4.69) is 5.32 Å². The minimum absolute atomic E-state index is 0.0747. The van der Waals surface area contributed by atoms with Gasteiger partial charge in [0.15, 0.2) is 0 Å². The zero-order valence-corrected chi connectivity index (χ0v) is 15.8. The van der Waals surface area contributed by atoms with E-state index in [1.165, 1.54) is 0 Å². The van der Waals surface area contributed by atoms with Crippen LogP contribution in [-0.4, -0.2) is 71.6 Å². The van der Waals surface area contributed by atoms with Crippen LogP contribution in [0.15, 0.2) is 24.3 Å². The maximum atomic E-state index is 12.3. The lowest BCUT2D eigenvalue weighted by atomic mass is 10.1. The largest absolute Gasteiger partial charge is 0.465 e. The molecule has 0 radical (unpaired) electrons. The average Bonchev–Trinajstić information content (AvgIpc) is 2.87. The predicted octanol–water partition coefficient (Wildman–Crippen LogP) is 0.918. The lowest BCUT2D eigenvalue weighted by molar-refractivity contribution is -0.145. The van der Waals surface area contributed by atoms with E-state index in [0.29, 0.717) is 17.5 Å². The summed E-state index contributed by atoms with van der Waals surface area (Å²) in [4.78, 5) is 37.6. The normalized spacial score (nSPS) is 15.7. The van der Waals surface area contributed by atoms with Crippen molar-refractivity contribution in [2.45, 2.75) is 25.5 Å². The van der Waals surface area contributed by atoms with Gasteiger partial charge in [0.1, 0.15) is 6.04 Å². The van der Waals surface area contributed by atoms with E-state index in [4.69, 9.17) is 4.74 Å². The van der Waals surface area contributed by atoms with Crippen LogP contribution in [0.3, 0.4) is 0 Å². The number of carbonyl (C=O) groups is 3. The molecule has 1 unspecified atom stereocenters. The van der Waals surface area contributed by atoms with Crippen molar-refractivity contribution >= 4 is 29.5 Å². The highest BCUT2D eigenvalue weighted by Gasteiger charge is 2.36. The number of fused-ring (bicyclic) bond motifs is 1. The summed E-state index contributed by atoms with van der Waals surface area (Å²) in [7, 11) is 0. The number of nitrogens with zero attached hydrogens (tertiary/aromatic N) is 1. The number of amides is 2. The second-order valence-corrected chi connectivity index (χ2v) is 6.90. The Balaban J connectivity index is 1.91. The molecule has 0 spiro atoms. The molecule has 2 amide bonds. The highest BCUT2D eigenvalue weighted by atomic mass is 32.2. The Kier molecular flexibility index (Phi) is 7.62. The van der Waals surface area contributed by atoms with Crippen LogP contribution in [-0.2, 0) is 9.53 Å². The maximum absolute atomic E-state index is 12.3. The minimum atomic E-state index is -0.983. The number of carbonyl (C=O) groups excluding carboxylic acids is 3. The monoisotopic (exact) mass is 380 g/mol. The van der Waals surface area contributed by atoms with Crippen molar-refractivity contribution in [2.75, 3.05) is 31.7 Å². The van der Waals surface area contributed by atoms with Crippen LogP contribution < -0.4 is 5.32 Å². The lowest BCUT2D eigenvalue weighted by Gasteiger charge is -2.22. The van der Waals surface area contributed by atoms with Gasteiger partial charge in [-0.15, -0.1) is 0 Å². The van der Waals surface area contributed by atoms with Crippen molar-refractivity contribution in [3.63, 3.8) is 0 Å². The van der Waals surface area contributed by atoms with Gasteiger partial charge in [-0.3, -0.25) is 19.3 Å². The first kappa shape index (κ1) is 20.4. The fourth-order valence-corrected chi connectivity index (χ4v) is 3.21. The quantitative estimate of drug-likeness (QED) is 0.460. The number of hydrogen-bond donors (Lipinski definition) is 2. The van der Waals surface area contributed by atoms with Gasteiger partial charge in [-0.25, -0.2) is 0 Å². The molecule has 0 aliphatic carbocycles. The topological polar surface area (TPSA) is 95.9 Å². The SMILES string of the molecule is CCOC(=O)[C@@H](CCSC)NCC(O)CN1C(=O)c2ccccc2C1=O. The van der Waals surface area contributed by atoms with Crippen molar-refractivity contribution in [3.8, 4) is 0 Å². The molecule has 1 aromatic carbocycles. The second-order valence-electron chi connectivity index (χ2n) is 5.91. The Morgan fingerprint density at radius 3 is 2.42 bits per heavy atom. The van der Waals surface area contributed by atoms with Crippen molar-refractivity contribution in [3.05, 3.63) is 35.4 Å². The molecule has 142 valence electrons. The fourth-order valence-electron chi connectivity index (χ4n) is 2.74. The van der Waals surface area contributed by atoms with Gasteiger partial charge in [-0.1, -0.05) is 12.1 Å². The molecule has 1 heterocycles. The molecular weight excluding hydrogens is 356 g/mol. The molecule has 0 saturated heterocycles. The van der Waals surface area contributed by atoms with Crippen molar-refractivity contribution in [2.24, 2.45) is 0 Å². The number of aliphatic hydroxyl groups excluding tert-OH is 1. The lowest BCUT2D eigenvalue weighted by Crippen LogP contribution is -2.46. The molecule has 2 N–H and O–H groups in total. The maximum Gasteiger partial charge on any atom is 0.323 e. The van der Waals surface area contributed by atoms with E-state index in [0.717, 1.165) is 10.7 Å². The Morgan fingerprint density at radius 1 is 1.27 bits per heavy atom. The summed E-state index contributed by atoms with van der Waals surface area (Å²) >= 11 is 1.61. The van der Waals surface area contributed by atoms with Crippen molar-refractivity contribution in [1.82, 2.24) is 10.2 Å². The summed E-state index contributed by atoms with van der Waals surface area (Å²) in [5.74, 6) is -0.414. The number of esters is 1. The van der Waals surface area contributed by atoms with Gasteiger partial charge in [0.25, 0.3) is 11.8 Å². The van der Waals surface area contributed by atoms with Gasteiger partial charge in [-0.05, 0) is 37.5 Å².